The van der Waals surface area contributed by atoms with Gasteiger partial charge in [-0.3, -0.25) is 4.79 Å². The van der Waals surface area contributed by atoms with Gasteiger partial charge in [0.25, 0.3) is 5.91 Å². The van der Waals surface area contributed by atoms with Gasteiger partial charge in [0.15, 0.2) is 0 Å². The van der Waals surface area contributed by atoms with Gasteiger partial charge >= 0.3 is 0 Å². The van der Waals surface area contributed by atoms with Gasteiger partial charge in [-0.2, -0.15) is 0 Å². The second-order valence-corrected chi connectivity index (χ2v) is 8.69. The lowest BCUT2D eigenvalue weighted by molar-refractivity contribution is 0.0938. The number of rotatable bonds is 2. The molecule has 1 heterocycles. The summed E-state index contributed by atoms with van der Waals surface area (Å²) in [4.78, 5) is 12.4. The molecule has 1 aromatic heterocycles. The average Bonchev–Trinajstić information content (AvgIpc) is 2.74. The third kappa shape index (κ3) is 2.89. The number of nitrogens with one attached hydrogen (secondary N) is 1. The maximum atomic E-state index is 12.0. The first-order valence-corrected chi connectivity index (χ1v) is 8.29. The van der Waals surface area contributed by atoms with Gasteiger partial charge in [0, 0.05) is 10.9 Å². The van der Waals surface area contributed by atoms with Crippen LogP contribution in [0.3, 0.4) is 0 Å². The molecule has 0 aliphatic heterocycles. The van der Waals surface area contributed by atoms with Crippen LogP contribution < -0.4 is 5.32 Å². The Hall–Kier alpha value is 0.610. The van der Waals surface area contributed by atoms with Crippen LogP contribution in [0.25, 0.3) is 0 Å². The van der Waals surface area contributed by atoms with Crippen molar-refractivity contribution in [3.63, 3.8) is 0 Å². The van der Waals surface area contributed by atoms with Crippen molar-refractivity contribution >= 4 is 65.0 Å². The number of thiophene rings is 1. The minimum absolute atomic E-state index is 0.00479. The molecular formula is C10H10Br3NOS. The molecule has 0 saturated heterocycles. The van der Waals surface area contributed by atoms with E-state index >= 15 is 0 Å². The quantitative estimate of drug-likeness (QED) is 0.694. The fraction of sp³-hybridized carbons (Fsp3) is 0.500. The minimum atomic E-state index is 0.00479. The molecule has 1 N–H and O–H groups in total. The molecular weight excluding hydrogens is 422 g/mol. The summed E-state index contributed by atoms with van der Waals surface area (Å²) in [6.45, 7) is 0. The molecule has 1 saturated carbocycles. The molecule has 16 heavy (non-hydrogen) atoms. The van der Waals surface area contributed by atoms with E-state index in [0.29, 0.717) is 10.4 Å². The minimum Gasteiger partial charge on any atom is -0.348 e. The Morgan fingerprint density at radius 3 is 2.69 bits per heavy atom. The molecule has 1 fully saturated rings. The number of hydrogen-bond donors (Lipinski definition) is 1. The predicted molar refractivity (Wildman–Crippen MR) is 77.5 cm³/mol. The van der Waals surface area contributed by atoms with E-state index in [1.54, 1.807) is 0 Å². The Kier molecular flexibility index (Phi) is 4.49. The van der Waals surface area contributed by atoms with Crippen molar-refractivity contribution in [2.75, 3.05) is 0 Å². The van der Waals surface area contributed by atoms with Gasteiger partial charge in [-0.15, -0.1) is 11.3 Å². The molecule has 2 atom stereocenters. The summed E-state index contributed by atoms with van der Waals surface area (Å²) in [6, 6.07) is 2.11. The first-order valence-electron chi connectivity index (χ1n) is 4.97. The summed E-state index contributed by atoms with van der Waals surface area (Å²) in [5.41, 5.74) is 0.712. The van der Waals surface area contributed by atoms with Crippen LogP contribution in [0, 0.1) is 0 Å². The van der Waals surface area contributed by atoms with Crippen molar-refractivity contribution in [1.82, 2.24) is 5.32 Å². The zero-order chi connectivity index (χ0) is 11.7. The second-order valence-electron chi connectivity index (χ2n) is 3.76. The summed E-state index contributed by atoms with van der Waals surface area (Å²) in [5.74, 6) is 0.00479. The van der Waals surface area contributed by atoms with Crippen molar-refractivity contribution in [1.29, 1.82) is 0 Å². The molecule has 1 amide bonds. The summed E-state index contributed by atoms with van der Waals surface area (Å²) < 4.78 is 1.84. The smallest absolute Gasteiger partial charge is 0.253 e. The lowest BCUT2D eigenvalue weighted by atomic mass is 10.2. The van der Waals surface area contributed by atoms with Crippen molar-refractivity contribution in [2.24, 2.45) is 0 Å². The van der Waals surface area contributed by atoms with Crippen LogP contribution in [0.1, 0.15) is 29.6 Å². The molecule has 1 aromatic rings. The van der Waals surface area contributed by atoms with Crippen LogP contribution in [-0.4, -0.2) is 16.8 Å². The highest BCUT2D eigenvalue weighted by atomic mass is 79.9. The number of halogens is 3. The van der Waals surface area contributed by atoms with Crippen LogP contribution >= 0.6 is 59.1 Å². The van der Waals surface area contributed by atoms with Crippen LogP contribution in [0.4, 0.5) is 0 Å². The maximum absolute atomic E-state index is 12.0. The molecule has 0 radical (unpaired) electrons. The van der Waals surface area contributed by atoms with Crippen LogP contribution in [-0.2, 0) is 0 Å². The zero-order valence-electron chi connectivity index (χ0n) is 8.30. The van der Waals surface area contributed by atoms with Crippen molar-refractivity contribution in [2.45, 2.75) is 30.1 Å². The number of carbonyl (C=O) groups is 1. The Bertz CT molecular complexity index is 407. The average molecular weight is 432 g/mol. The number of hydrogen-bond acceptors (Lipinski definition) is 2. The summed E-state index contributed by atoms with van der Waals surface area (Å²) in [5, 5.41) is 3.07. The third-order valence-electron chi connectivity index (χ3n) is 2.65. The lowest BCUT2D eigenvalue weighted by Crippen LogP contribution is -2.37. The highest BCUT2D eigenvalue weighted by Gasteiger charge is 2.27. The fourth-order valence-electron chi connectivity index (χ4n) is 1.82. The summed E-state index contributed by atoms with van der Waals surface area (Å²) >= 11 is 11.9. The molecule has 0 spiro atoms. The fourth-order valence-corrected chi connectivity index (χ4v) is 5.33. The first kappa shape index (κ1) is 13.1. The molecule has 2 rings (SSSR count). The lowest BCUT2D eigenvalue weighted by Gasteiger charge is -2.15. The van der Waals surface area contributed by atoms with Crippen molar-refractivity contribution in [3.05, 3.63) is 19.2 Å². The van der Waals surface area contributed by atoms with E-state index in [2.05, 4.69) is 53.1 Å². The van der Waals surface area contributed by atoms with Crippen LogP contribution in [0.15, 0.2) is 13.6 Å². The second kappa shape index (κ2) is 5.50. The number of alkyl halides is 1. The zero-order valence-corrected chi connectivity index (χ0v) is 13.9. The first-order chi connectivity index (χ1) is 7.58. The van der Waals surface area contributed by atoms with Gasteiger partial charge in [0.05, 0.1) is 13.1 Å². The van der Waals surface area contributed by atoms with E-state index in [1.165, 1.54) is 17.8 Å². The SMILES string of the molecule is O=C(NC1CCCC1Br)c1cc(Br)sc1Br. The van der Waals surface area contributed by atoms with Crippen LogP contribution in [0.5, 0.6) is 0 Å². The molecule has 2 nitrogen and oxygen atoms in total. The van der Waals surface area contributed by atoms with E-state index in [0.717, 1.165) is 20.4 Å². The Morgan fingerprint density at radius 1 is 1.44 bits per heavy atom. The van der Waals surface area contributed by atoms with Crippen molar-refractivity contribution in [3.8, 4) is 0 Å². The van der Waals surface area contributed by atoms with E-state index in [4.69, 9.17) is 0 Å². The van der Waals surface area contributed by atoms with E-state index < -0.39 is 0 Å². The van der Waals surface area contributed by atoms with Crippen molar-refractivity contribution < 1.29 is 4.79 Å². The van der Waals surface area contributed by atoms with Gasteiger partial charge in [0.1, 0.15) is 0 Å². The highest BCUT2D eigenvalue weighted by molar-refractivity contribution is 9.12. The number of carbonyl (C=O) groups excluding carboxylic acids is 1. The molecule has 0 aromatic carbocycles. The predicted octanol–water partition coefficient (Wildman–Crippen LogP) is 4.32. The number of amides is 1. The molecule has 88 valence electrons. The van der Waals surface area contributed by atoms with Gasteiger partial charge < -0.3 is 5.32 Å². The third-order valence-corrected chi connectivity index (χ3v) is 6.08. The van der Waals surface area contributed by atoms with Gasteiger partial charge in [-0.05, 0) is 50.8 Å². The van der Waals surface area contributed by atoms with E-state index in [1.807, 2.05) is 6.07 Å². The topological polar surface area (TPSA) is 29.1 Å². The summed E-state index contributed by atoms with van der Waals surface area (Å²) in [7, 11) is 0. The van der Waals surface area contributed by atoms with E-state index in [-0.39, 0.29) is 11.9 Å². The molecule has 0 bridgehead atoms. The molecule has 2 unspecified atom stereocenters. The normalized spacial score (nSPS) is 24.7. The largest absolute Gasteiger partial charge is 0.348 e. The highest BCUT2D eigenvalue weighted by Crippen LogP contribution is 2.32. The van der Waals surface area contributed by atoms with Gasteiger partial charge in [-0.1, -0.05) is 22.4 Å². The molecule has 6 heteroatoms. The standard InChI is InChI=1S/C10H10Br3NOS/c11-6-2-1-3-7(6)14-10(15)5-4-8(12)16-9(5)13/h4,6-7H,1-3H2,(H,14,15). The summed E-state index contributed by atoms with van der Waals surface area (Å²) in [6.07, 6.45) is 3.37. The van der Waals surface area contributed by atoms with Gasteiger partial charge in [0.2, 0.25) is 0 Å². The molecule has 1 aliphatic carbocycles. The Morgan fingerprint density at radius 2 is 2.19 bits per heavy atom. The molecule has 1 aliphatic rings. The Balaban J connectivity index is 2.05. The van der Waals surface area contributed by atoms with Crippen LogP contribution in [0.2, 0.25) is 0 Å². The van der Waals surface area contributed by atoms with E-state index in [9.17, 15) is 4.79 Å². The van der Waals surface area contributed by atoms with Gasteiger partial charge in [-0.25, -0.2) is 0 Å². The maximum Gasteiger partial charge on any atom is 0.253 e. The Labute approximate surface area is 124 Å². The monoisotopic (exact) mass is 429 g/mol.